The molecule has 0 radical (unpaired) electrons. The van der Waals surface area contributed by atoms with Crippen molar-refractivity contribution < 1.29 is 0 Å². The van der Waals surface area contributed by atoms with Crippen molar-refractivity contribution in [3.05, 3.63) is 61.9 Å². The van der Waals surface area contributed by atoms with Gasteiger partial charge >= 0.3 is 0 Å². The first-order valence-corrected chi connectivity index (χ1v) is 8.87. The fourth-order valence-electron chi connectivity index (χ4n) is 2.78. The van der Waals surface area contributed by atoms with E-state index in [-0.39, 0.29) is 6.04 Å². The van der Waals surface area contributed by atoms with Crippen molar-refractivity contribution in [3.63, 3.8) is 0 Å². The minimum absolute atomic E-state index is 0.0221. The molecule has 1 aliphatic rings. The molecule has 1 atom stereocenters. The Labute approximate surface area is 148 Å². The number of halogens is 2. The van der Waals surface area contributed by atoms with Gasteiger partial charge in [-0.1, -0.05) is 35.3 Å². The lowest BCUT2D eigenvalue weighted by atomic mass is 10.0. The first-order chi connectivity index (χ1) is 11.1. The molecule has 1 unspecified atom stereocenters. The first kappa shape index (κ1) is 14.9. The summed E-state index contributed by atoms with van der Waals surface area (Å²) in [5.74, 6) is 0. The molecule has 0 aliphatic carbocycles. The number of fused-ring (bicyclic) bond motifs is 1. The van der Waals surface area contributed by atoms with Gasteiger partial charge < -0.3 is 5.43 Å². The number of nitrogens with zero attached hydrogens (tertiary/aromatic N) is 2. The van der Waals surface area contributed by atoms with E-state index in [9.17, 15) is 0 Å². The van der Waals surface area contributed by atoms with Crippen molar-refractivity contribution in [2.45, 2.75) is 19.4 Å². The highest BCUT2D eigenvalue weighted by Crippen LogP contribution is 2.34. The first-order valence-electron chi connectivity index (χ1n) is 7.24. The summed E-state index contributed by atoms with van der Waals surface area (Å²) in [6.45, 7) is 2.05. The Morgan fingerprint density at radius 2 is 2.09 bits per heavy atom. The zero-order chi connectivity index (χ0) is 16.0. The van der Waals surface area contributed by atoms with Crippen LogP contribution in [-0.2, 0) is 0 Å². The maximum absolute atomic E-state index is 6.41. The molecule has 23 heavy (non-hydrogen) atoms. The van der Waals surface area contributed by atoms with Gasteiger partial charge in [-0.15, -0.1) is 11.3 Å². The zero-order valence-corrected chi connectivity index (χ0v) is 14.6. The third-order valence-electron chi connectivity index (χ3n) is 3.96. The van der Waals surface area contributed by atoms with E-state index in [2.05, 4.69) is 33.7 Å². The number of thiophene rings is 1. The van der Waals surface area contributed by atoms with Crippen LogP contribution in [0, 0.1) is 6.92 Å². The molecule has 3 heterocycles. The van der Waals surface area contributed by atoms with Gasteiger partial charge in [-0.05, 0) is 36.1 Å². The molecule has 116 valence electrons. The van der Waals surface area contributed by atoms with Crippen LogP contribution < -0.4 is 5.43 Å². The van der Waals surface area contributed by atoms with Gasteiger partial charge in [0.05, 0.1) is 27.2 Å². The van der Waals surface area contributed by atoms with Crippen molar-refractivity contribution in [2.24, 2.45) is 5.10 Å². The molecule has 3 nitrogen and oxygen atoms in total. The lowest BCUT2D eigenvalue weighted by Gasteiger charge is -2.13. The van der Waals surface area contributed by atoms with Gasteiger partial charge in [0.2, 0.25) is 0 Å². The molecule has 0 bridgehead atoms. The number of nitrogens with one attached hydrogen (secondary N) is 1. The van der Waals surface area contributed by atoms with Crippen molar-refractivity contribution in [3.8, 4) is 0 Å². The van der Waals surface area contributed by atoms with Gasteiger partial charge in [0.25, 0.3) is 0 Å². The van der Waals surface area contributed by atoms with Crippen LogP contribution in [0.15, 0.2) is 40.8 Å². The van der Waals surface area contributed by atoms with Crippen LogP contribution >= 0.6 is 34.5 Å². The minimum Gasteiger partial charge on any atom is -0.302 e. The highest BCUT2D eigenvalue weighted by Gasteiger charge is 2.25. The topological polar surface area (TPSA) is 37.3 Å². The Morgan fingerprint density at radius 1 is 1.22 bits per heavy atom. The summed E-state index contributed by atoms with van der Waals surface area (Å²) in [7, 11) is 0. The van der Waals surface area contributed by atoms with Crippen LogP contribution in [0.1, 0.15) is 28.5 Å². The fourth-order valence-corrected chi connectivity index (χ4v) is 4.22. The fraction of sp³-hybridized carbons (Fsp3) is 0.176. The number of hydrazone groups is 1. The average molecular weight is 362 g/mol. The molecule has 0 amide bonds. The Balaban J connectivity index is 1.67. The summed E-state index contributed by atoms with van der Waals surface area (Å²) >= 11 is 14.2. The lowest BCUT2D eigenvalue weighted by molar-refractivity contribution is 0.619. The molecule has 2 aromatic heterocycles. The maximum atomic E-state index is 6.41. The molecule has 3 aromatic rings. The summed E-state index contributed by atoms with van der Waals surface area (Å²) in [5.41, 5.74) is 7.19. The van der Waals surface area contributed by atoms with Gasteiger partial charge in [-0.3, -0.25) is 0 Å². The SMILES string of the molecule is Cc1ccc2cc(C3CC(c4sccc4Cl)=NN3)c(Cl)nc2c1. The molecule has 1 N–H and O–H groups in total. The van der Waals surface area contributed by atoms with Gasteiger partial charge in [-0.25, -0.2) is 4.98 Å². The molecular formula is C17H13Cl2N3S. The predicted molar refractivity (Wildman–Crippen MR) is 97.8 cm³/mol. The number of hydrogen-bond donors (Lipinski definition) is 1. The maximum Gasteiger partial charge on any atom is 0.135 e. The molecule has 0 spiro atoms. The van der Waals surface area contributed by atoms with E-state index in [1.54, 1.807) is 11.3 Å². The molecule has 6 heteroatoms. The quantitative estimate of drug-likeness (QED) is 0.624. The van der Waals surface area contributed by atoms with E-state index >= 15 is 0 Å². The van der Waals surface area contributed by atoms with Crippen LogP contribution in [0.25, 0.3) is 10.9 Å². The van der Waals surface area contributed by atoms with E-state index in [0.29, 0.717) is 5.15 Å². The Kier molecular flexibility index (Phi) is 3.76. The second-order valence-corrected chi connectivity index (χ2v) is 7.29. The lowest BCUT2D eigenvalue weighted by Crippen LogP contribution is -2.11. The largest absolute Gasteiger partial charge is 0.302 e. The van der Waals surface area contributed by atoms with Crippen molar-refractivity contribution in [2.75, 3.05) is 0 Å². The zero-order valence-electron chi connectivity index (χ0n) is 12.3. The summed E-state index contributed by atoms with van der Waals surface area (Å²) in [5, 5.41) is 8.76. The van der Waals surface area contributed by atoms with Crippen LogP contribution in [0.3, 0.4) is 0 Å². The second-order valence-electron chi connectivity index (χ2n) is 5.61. The average Bonchev–Trinajstić information content (AvgIpc) is 3.15. The summed E-state index contributed by atoms with van der Waals surface area (Å²) in [4.78, 5) is 5.55. The van der Waals surface area contributed by atoms with Crippen LogP contribution in [0.4, 0.5) is 0 Å². The molecule has 0 saturated heterocycles. The molecule has 1 aliphatic heterocycles. The van der Waals surface area contributed by atoms with E-state index in [0.717, 1.165) is 38.5 Å². The number of rotatable bonds is 2. The number of hydrogen-bond acceptors (Lipinski definition) is 4. The van der Waals surface area contributed by atoms with Gasteiger partial charge in [0.1, 0.15) is 5.15 Å². The minimum atomic E-state index is 0.0221. The van der Waals surface area contributed by atoms with Gasteiger partial charge in [0.15, 0.2) is 0 Å². The number of pyridine rings is 1. The molecule has 1 aromatic carbocycles. The van der Waals surface area contributed by atoms with Gasteiger partial charge in [-0.2, -0.15) is 5.10 Å². The van der Waals surface area contributed by atoms with Gasteiger partial charge in [0, 0.05) is 17.4 Å². The summed E-state index contributed by atoms with van der Waals surface area (Å²) in [6, 6.07) is 10.2. The normalized spacial score (nSPS) is 17.3. The van der Waals surface area contributed by atoms with Crippen LogP contribution in [-0.4, -0.2) is 10.7 Å². The van der Waals surface area contributed by atoms with Crippen molar-refractivity contribution in [1.29, 1.82) is 0 Å². The third kappa shape index (κ3) is 2.71. The Hall–Kier alpha value is -1.62. The number of aromatic nitrogens is 1. The summed E-state index contributed by atoms with van der Waals surface area (Å²) < 4.78 is 0. The number of aryl methyl sites for hydroxylation is 1. The molecule has 0 fully saturated rings. The monoisotopic (exact) mass is 361 g/mol. The van der Waals surface area contributed by atoms with Crippen molar-refractivity contribution >= 4 is 51.2 Å². The number of benzene rings is 1. The smallest absolute Gasteiger partial charge is 0.135 e. The van der Waals surface area contributed by atoms with Crippen LogP contribution in [0.2, 0.25) is 10.2 Å². The Morgan fingerprint density at radius 3 is 2.87 bits per heavy atom. The van der Waals surface area contributed by atoms with E-state index in [1.807, 2.05) is 24.4 Å². The van der Waals surface area contributed by atoms with E-state index in [4.69, 9.17) is 23.2 Å². The predicted octanol–water partition coefficient (Wildman–Crippen LogP) is 5.35. The molecule has 4 rings (SSSR count). The summed E-state index contributed by atoms with van der Waals surface area (Å²) in [6.07, 6.45) is 0.749. The second kappa shape index (κ2) is 5.78. The molecule has 0 saturated carbocycles. The Bertz CT molecular complexity index is 933. The van der Waals surface area contributed by atoms with E-state index in [1.165, 1.54) is 5.56 Å². The van der Waals surface area contributed by atoms with Crippen LogP contribution in [0.5, 0.6) is 0 Å². The van der Waals surface area contributed by atoms with Crippen molar-refractivity contribution in [1.82, 2.24) is 10.4 Å². The van der Waals surface area contributed by atoms with E-state index < -0.39 is 0 Å². The molecular weight excluding hydrogens is 349 g/mol. The highest BCUT2D eigenvalue weighted by molar-refractivity contribution is 7.12. The highest BCUT2D eigenvalue weighted by atomic mass is 35.5. The standard InChI is InChI=1S/C17H13Cl2N3S/c1-9-2-3-10-7-11(17(19)20-13(10)6-9)14-8-15(22-21-14)16-12(18)4-5-23-16/h2-7,14,21H,8H2,1H3. The third-order valence-corrected chi connectivity index (χ3v) is 5.65.